The molecule has 10 heteroatoms. The van der Waals surface area contributed by atoms with Crippen LogP contribution in [0, 0.1) is 6.92 Å². The largest absolute Gasteiger partial charge is 0.452 e. The summed E-state index contributed by atoms with van der Waals surface area (Å²) < 4.78 is 37.1. The van der Waals surface area contributed by atoms with Crippen molar-refractivity contribution in [3.8, 4) is 0 Å². The number of sulfonamides is 1. The molecule has 2 aromatic carbocycles. The van der Waals surface area contributed by atoms with Crippen LogP contribution in [0.15, 0.2) is 47.4 Å². The van der Waals surface area contributed by atoms with Crippen molar-refractivity contribution >= 4 is 33.5 Å². The Morgan fingerprint density at radius 1 is 1.13 bits per heavy atom. The molecule has 0 spiro atoms. The van der Waals surface area contributed by atoms with Gasteiger partial charge in [-0.05, 0) is 30.7 Å². The molecule has 1 aliphatic heterocycles. The lowest BCUT2D eigenvalue weighted by Crippen LogP contribution is -2.40. The maximum Gasteiger partial charge on any atom is 0.340 e. The number of carbonyl (C=O) groups is 2. The van der Waals surface area contributed by atoms with Gasteiger partial charge in [0.25, 0.3) is 5.91 Å². The summed E-state index contributed by atoms with van der Waals surface area (Å²) in [6.45, 7) is 2.82. The van der Waals surface area contributed by atoms with Crippen LogP contribution in [0.5, 0.6) is 0 Å². The highest BCUT2D eigenvalue weighted by atomic mass is 35.5. The lowest BCUT2D eigenvalue weighted by Gasteiger charge is -2.26. The second-order valence-corrected chi connectivity index (χ2v) is 9.34. The number of nitrogens with one attached hydrogen (secondary N) is 1. The Bertz CT molecular complexity index is 1050. The molecular weight excluding hydrogens is 444 g/mol. The summed E-state index contributed by atoms with van der Waals surface area (Å²) in [4.78, 5) is 24.3. The van der Waals surface area contributed by atoms with E-state index in [9.17, 15) is 18.0 Å². The van der Waals surface area contributed by atoms with Crippen molar-refractivity contribution in [2.75, 3.05) is 32.9 Å². The maximum absolute atomic E-state index is 12.8. The van der Waals surface area contributed by atoms with Crippen LogP contribution in [0.1, 0.15) is 21.5 Å². The molecule has 166 valence electrons. The van der Waals surface area contributed by atoms with Gasteiger partial charge in [-0.2, -0.15) is 4.31 Å². The van der Waals surface area contributed by atoms with Crippen molar-refractivity contribution in [3.05, 3.63) is 64.2 Å². The van der Waals surface area contributed by atoms with Gasteiger partial charge >= 0.3 is 5.97 Å². The molecule has 0 saturated carbocycles. The smallest absolute Gasteiger partial charge is 0.340 e. The standard InChI is InChI=1S/C21H23ClN2O6S/c1-15-2-4-16(5-3-15)13-23-20(25)14-30-21(26)18-12-17(6-7-19(18)22)31(27,28)24-8-10-29-11-9-24/h2-7,12H,8-11,13-14H2,1H3,(H,23,25). The van der Waals surface area contributed by atoms with Gasteiger partial charge in [0.05, 0.1) is 28.7 Å². The maximum atomic E-state index is 12.8. The number of hydrogen-bond donors (Lipinski definition) is 1. The van der Waals surface area contributed by atoms with Gasteiger partial charge in [-0.3, -0.25) is 4.79 Å². The predicted octanol–water partition coefficient (Wildman–Crippen LogP) is 2.14. The van der Waals surface area contributed by atoms with Crippen molar-refractivity contribution in [3.63, 3.8) is 0 Å². The van der Waals surface area contributed by atoms with E-state index in [-0.39, 0.29) is 28.6 Å². The molecule has 3 rings (SSSR count). The molecule has 1 heterocycles. The zero-order valence-corrected chi connectivity index (χ0v) is 18.5. The number of nitrogens with zero attached hydrogens (tertiary/aromatic N) is 1. The van der Waals surface area contributed by atoms with Crippen LogP contribution in [0.4, 0.5) is 0 Å². The zero-order chi connectivity index (χ0) is 22.4. The third-order valence-corrected chi connectivity index (χ3v) is 6.93. The van der Waals surface area contributed by atoms with Gasteiger partial charge in [0, 0.05) is 19.6 Å². The van der Waals surface area contributed by atoms with Gasteiger partial charge in [-0.25, -0.2) is 13.2 Å². The number of benzene rings is 2. The summed E-state index contributed by atoms with van der Waals surface area (Å²) in [7, 11) is -3.80. The second-order valence-electron chi connectivity index (χ2n) is 7.00. The van der Waals surface area contributed by atoms with Crippen LogP contribution < -0.4 is 5.32 Å². The lowest BCUT2D eigenvalue weighted by atomic mass is 10.1. The highest BCUT2D eigenvalue weighted by Crippen LogP contribution is 2.24. The van der Waals surface area contributed by atoms with E-state index in [0.717, 1.165) is 11.1 Å². The van der Waals surface area contributed by atoms with Crippen molar-refractivity contribution in [1.82, 2.24) is 9.62 Å². The first-order valence-electron chi connectivity index (χ1n) is 9.64. The lowest BCUT2D eigenvalue weighted by molar-refractivity contribution is -0.124. The number of halogens is 1. The van der Waals surface area contributed by atoms with E-state index in [4.69, 9.17) is 21.1 Å². The van der Waals surface area contributed by atoms with Gasteiger partial charge < -0.3 is 14.8 Å². The minimum atomic E-state index is -3.80. The quantitative estimate of drug-likeness (QED) is 0.627. The summed E-state index contributed by atoms with van der Waals surface area (Å²) in [6.07, 6.45) is 0. The summed E-state index contributed by atoms with van der Waals surface area (Å²) in [5, 5.41) is 2.69. The second kappa shape index (κ2) is 10.2. The molecule has 2 aromatic rings. The number of carbonyl (C=O) groups excluding carboxylic acids is 2. The third kappa shape index (κ3) is 6.04. The van der Waals surface area contributed by atoms with E-state index in [1.165, 1.54) is 22.5 Å². The molecule has 0 bridgehead atoms. The molecule has 1 saturated heterocycles. The summed E-state index contributed by atoms with van der Waals surface area (Å²) in [5.74, 6) is -1.36. The van der Waals surface area contributed by atoms with E-state index in [0.29, 0.717) is 19.8 Å². The number of rotatable bonds is 7. The number of ether oxygens (including phenoxy) is 2. The number of esters is 1. The monoisotopic (exact) mass is 466 g/mol. The third-order valence-electron chi connectivity index (χ3n) is 4.71. The van der Waals surface area contributed by atoms with Crippen LogP contribution in [0.25, 0.3) is 0 Å². The summed E-state index contributed by atoms with van der Waals surface area (Å²) in [6, 6.07) is 11.5. The zero-order valence-electron chi connectivity index (χ0n) is 17.0. The van der Waals surface area contributed by atoms with Crippen LogP contribution in [0.3, 0.4) is 0 Å². The average molecular weight is 467 g/mol. The molecule has 0 unspecified atom stereocenters. The number of morpholine rings is 1. The van der Waals surface area contributed by atoms with Crippen LogP contribution in [-0.2, 0) is 30.8 Å². The predicted molar refractivity (Wildman–Crippen MR) is 114 cm³/mol. The molecule has 0 aromatic heterocycles. The first-order valence-corrected chi connectivity index (χ1v) is 11.5. The van der Waals surface area contributed by atoms with E-state index < -0.39 is 28.5 Å². The highest BCUT2D eigenvalue weighted by molar-refractivity contribution is 7.89. The average Bonchev–Trinajstić information content (AvgIpc) is 2.78. The molecule has 1 amide bonds. The summed E-state index contributed by atoms with van der Waals surface area (Å²) in [5.41, 5.74) is 1.90. The Labute approximate surface area is 186 Å². The van der Waals surface area contributed by atoms with E-state index in [2.05, 4.69) is 5.32 Å². The highest BCUT2D eigenvalue weighted by Gasteiger charge is 2.28. The van der Waals surface area contributed by atoms with E-state index in [1.807, 2.05) is 31.2 Å². The Morgan fingerprint density at radius 3 is 2.48 bits per heavy atom. The molecule has 0 radical (unpaired) electrons. The number of hydrogen-bond acceptors (Lipinski definition) is 6. The van der Waals surface area contributed by atoms with E-state index in [1.54, 1.807) is 0 Å². The van der Waals surface area contributed by atoms with Crippen molar-refractivity contribution in [2.45, 2.75) is 18.4 Å². The van der Waals surface area contributed by atoms with Gasteiger partial charge in [0.15, 0.2) is 6.61 Å². The summed E-state index contributed by atoms with van der Waals surface area (Å²) >= 11 is 6.07. The Balaban J connectivity index is 1.61. The fourth-order valence-corrected chi connectivity index (χ4v) is 4.55. The van der Waals surface area contributed by atoms with Gasteiger partial charge in [-0.1, -0.05) is 41.4 Å². The molecule has 8 nitrogen and oxygen atoms in total. The Kier molecular flexibility index (Phi) is 7.66. The molecule has 31 heavy (non-hydrogen) atoms. The SMILES string of the molecule is Cc1ccc(CNC(=O)COC(=O)c2cc(S(=O)(=O)N3CCOCC3)ccc2Cl)cc1. The fraction of sp³-hybridized carbons (Fsp3) is 0.333. The van der Waals surface area contributed by atoms with Crippen LogP contribution in [0.2, 0.25) is 5.02 Å². The minimum Gasteiger partial charge on any atom is -0.452 e. The molecule has 0 atom stereocenters. The van der Waals surface area contributed by atoms with Gasteiger partial charge in [-0.15, -0.1) is 0 Å². The number of amides is 1. The van der Waals surface area contributed by atoms with Gasteiger partial charge in [0.2, 0.25) is 10.0 Å². The van der Waals surface area contributed by atoms with Crippen LogP contribution in [-0.4, -0.2) is 57.5 Å². The normalized spacial score (nSPS) is 14.8. The molecule has 0 aliphatic carbocycles. The fourth-order valence-electron chi connectivity index (χ4n) is 2.92. The van der Waals surface area contributed by atoms with E-state index >= 15 is 0 Å². The number of aryl methyl sites for hydroxylation is 1. The molecule has 1 aliphatic rings. The molecular formula is C21H23ClN2O6S. The first kappa shape index (κ1) is 23.2. The Morgan fingerprint density at radius 2 is 1.81 bits per heavy atom. The van der Waals surface area contributed by atoms with Gasteiger partial charge in [0.1, 0.15) is 0 Å². The van der Waals surface area contributed by atoms with Crippen molar-refractivity contribution in [1.29, 1.82) is 0 Å². The molecule has 1 fully saturated rings. The molecule has 1 N–H and O–H groups in total. The van der Waals surface area contributed by atoms with Crippen LogP contribution >= 0.6 is 11.6 Å². The minimum absolute atomic E-state index is 0.0333. The Hall–Kier alpha value is -2.46. The van der Waals surface area contributed by atoms with Crippen molar-refractivity contribution < 1.29 is 27.5 Å². The van der Waals surface area contributed by atoms with Crippen molar-refractivity contribution in [2.24, 2.45) is 0 Å². The first-order chi connectivity index (χ1) is 14.8. The topological polar surface area (TPSA) is 102 Å².